The number of nitrogens with one attached hydrogen (secondary N) is 2. The lowest BCUT2D eigenvalue weighted by atomic mass is 10.1. The number of H-pyrrole nitrogens is 1. The Hall–Kier alpha value is -4.11. The molecule has 0 unspecified atom stereocenters. The lowest BCUT2D eigenvalue weighted by molar-refractivity contribution is -0.143. The van der Waals surface area contributed by atoms with Gasteiger partial charge in [0.25, 0.3) is 0 Å². The minimum atomic E-state index is -0.771. The minimum Gasteiger partial charge on any atom is -0.491 e. The van der Waals surface area contributed by atoms with Gasteiger partial charge in [0.15, 0.2) is 11.3 Å². The first-order valence-electron chi connectivity index (χ1n) is 10.8. The maximum atomic E-state index is 13.2. The fourth-order valence-corrected chi connectivity index (χ4v) is 3.46. The Morgan fingerprint density at radius 1 is 1.32 bits per heavy atom. The number of carbonyl (C=O) groups is 2. The van der Waals surface area contributed by atoms with E-state index in [1.807, 2.05) is 13.0 Å². The van der Waals surface area contributed by atoms with Gasteiger partial charge in [-0.2, -0.15) is 0 Å². The zero-order valence-electron chi connectivity index (χ0n) is 19.0. The smallest absolute Gasteiger partial charge is 0.348 e. The average molecular weight is 463 g/mol. The number of benzene rings is 1. The van der Waals surface area contributed by atoms with E-state index in [9.17, 15) is 9.59 Å². The highest BCUT2D eigenvalue weighted by atomic mass is 16.5. The standard InChI is InChI=1S/C25H25N3O6/c1-14(2)33-25(31)21-22(30)20(12-16-13-27-23-18(16)5-4-8-26-23)34-24(21)28-19-7-6-17(11-15(19)3)32-10-9-29/h4-8,11-14,28-29H,9-10H2,1-3H3,(H,26,27). The summed E-state index contributed by atoms with van der Waals surface area (Å²) in [6.07, 6.45) is 4.54. The molecule has 0 radical (unpaired) electrons. The van der Waals surface area contributed by atoms with Crippen LogP contribution < -0.4 is 10.1 Å². The summed E-state index contributed by atoms with van der Waals surface area (Å²) in [5, 5.41) is 12.8. The molecule has 0 bridgehead atoms. The number of ketones is 1. The molecule has 0 fully saturated rings. The van der Waals surface area contributed by atoms with E-state index in [2.05, 4.69) is 15.3 Å². The second-order valence-electron chi connectivity index (χ2n) is 7.92. The van der Waals surface area contributed by atoms with Crippen LogP contribution in [0.5, 0.6) is 5.75 Å². The minimum absolute atomic E-state index is 0.00741. The number of fused-ring (bicyclic) bond motifs is 1. The number of aromatic amines is 1. The number of hydrogen-bond acceptors (Lipinski definition) is 8. The summed E-state index contributed by atoms with van der Waals surface area (Å²) in [7, 11) is 0. The van der Waals surface area contributed by atoms with E-state index in [1.54, 1.807) is 56.6 Å². The average Bonchev–Trinajstić information content (AvgIpc) is 3.34. The van der Waals surface area contributed by atoms with Crippen LogP contribution in [0.3, 0.4) is 0 Å². The first kappa shape index (κ1) is 23.1. The fraction of sp³-hybridized carbons (Fsp3) is 0.240. The molecule has 34 heavy (non-hydrogen) atoms. The molecule has 0 atom stereocenters. The third kappa shape index (κ3) is 4.79. The number of rotatable bonds is 8. The monoisotopic (exact) mass is 463 g/mol. The second kappa shape index (κ2) is 9.80. The Labute approximate surface area is 196 Å². The molecule has 9 nitrogen and oxygen atoms in total. The molecule has 0 saturated carbocycles. The van der Waals surface area contributed by atoms with Crippen molar-refractivity contribution in [2.24, 2.45) is 0 Å². The molecule has 0 saturated heterocycles. The number of ether oxygens (including phenoxy) is 3. The number of aliphatic hydroxyl groups is 1. The van der Waals surface area contributed by atoms with Gasteiger partial charge in [-0.15, -0.1) is 0 Å². The van der Waals surface area contributed by atoms with E-state index >= 15 is 0 Å². The summed E-state index contributed by atoms with van der Waals surface area (Å²) in [6.45, 7) is 5.34. The Bertz CT molecular complexity index is 1300. The molecular formula is C25H25N3O6. The topological polar surface area (TPSA) is 123 Å². The Kier molecular flexibility index (Phi) is 6.65. The number of pyridine rings is 1. The molecule has 2 aromatic heterocycles. The van der Waals surface area contributed by atoms with Crippen molar-refractivity contribution in [1.82, 2.24) is 9.97 Å². The van der Waals surface area contributed by atoms with Crippen molar-refractivity contribution in [3.05, 3.63) is 71.1 Å². The maximum Gasteiger partial charge on any atom is 0.348 e. The van der Waals surface area contributed by atoms with Gasteiger partial charge >= 0.3 is 5.97 Å². The second-order valence-corrected chi connectivity index (χ2v) is 7.92. The van der Waals surface area contributed by atoms with Gasteiger partial charge in [-0.25, -0.2) is 9.78 Å². The fourth-order valence-electron chi connectivity index (χ4n) is 3.46. The van der Waals surface area contributed by atoms with E-state index in [4.69, 9.17) is 19.3 Å². The van der Waals surface area contributed by atoms with Gasteiger partial charge < -0.3 is 29.6 Å². The number of nitrogens with zero attached hydrogens (tertiary/aromatic N) is 1. The van der Waals surface area contributed by atoms with Crippen LogP contribution >= 0.6 is 0 Å². The number of allylic oxidation sites excluding steroid dienone is 1. The van der Waals surface area contributed by atoms with Crippen molar-refractivity contribution in [3.63, 3.8) is 0 Å². The van der Waals surface area contributed by atoms with E-state index in [0.717, 1.165) is 10.9 Å². The molecule has 1 aromatic carbocycles. The first-order chi connectivity index (χ1) is 16.4. The molecule has 3 N–H and O–H groups in total. The number of aryl methyl sites for hydroxylation is 1. The third-order valence-electron chi connectivity index (χ3n) is 5.01. The van der Waals surface area contributed by atoms with Gasteiger partial charge in [0.2, 0.25) is 11.7 Å². The lowest BCUT2D eigenvalue weighted by Gasteiger charge is -2.13. The normalized spacial score (nSPS) is 14.7. The molecule has 176 valence electrons. The van der Waals surface area contributed by atoms with Crippen LogP contribution in [0, 0.1) is 6.92 Å². The van der Waals surface area contributed by atoms with Crippen molar-refractivity contribution >= 4 is 34.5 Å². The molecule has 0 aliphatic carbocycles. The SMILES string of the molecule is Cc1cc(OCCO)ccc1NC1=C(C(=O)OC(C)C)C(=O)C(=Cc2c[nH]c3ncccc23)O1. The van der Waals surface area contributed by atoms with Gasteiger partial charge in [0, 0.05) is 29.0 Å². The highest BCUT2D eigenvalue weighted by Gasteiger charge is 2.37. The van der Waals surface area contributed by atoms with Gasteiger partial charge in [-0.3, -0.25) is 4.79 Å². The van der Waals surface area contributed by atoms with Crippen LogP contribution in [-0.2, 0) is 19.1 Å². The summed E-state index contributed by atoms with van der Waals surface area (Å²) in [5.74, 6) is -0.781. The van der Waals surface area contributed by atoms with E-state index in [1.165, 1.54) is 0 Å². The largest absolute Gasteiger partial charge is 0.491 e. The Balaban J connectivity index is 1.67. The van der Waals surface area contributed by atoms with Crippen LogP contribution in [0.1, 0.15) is 25.0 Å². The number of Topliss-reactive ketones (excluding diaryl/α,β-unsaturated/α-hetero) is 1. The summed E-state index contributed by atoms with van der Waals surface area (Å²) in [6, 6.07) is 8.89. The van der Waals surface area contributed by atoms with Crippen molar-refractivity contribution in [3.8, 4) is 5.75 Å². The van der Waals surface area contributed by atoms with Crippen LogP contribution in [0.15, 0.2) is 59.9 Å². The van der Waals surface area contributed by atoms with E-state index in [0.29, 0.717) is 22.6 Å². The molecule has 4 rings (SSSR count). The molecule has 3 heterocycles. The Morgan fingerprint density at radius 2 is 2.15 bits per heavy atom. The van der Waals surface area contributed by atoms with E-state index < -0.39 is 17.9 Å². The predicted octanol–water partition coefficient (Wildman–Crippen LogP) is 3.46. The van der Waals surface area contributed by atoms with Crippen molar-refractivity contribution in [2.45, 2.75) is 26.9 Å². The van der Waals surface area contributed by atoms with Crippen molar-refractivity contribution < 1.29 is 28.9 Å². The van der Waals surface area contributed by atoms with Crippen molar-refractivity contribution in [1.29, 1.82) is 0 Å². The van der Waals surface area contributed by atoms with Crippen molar-refractivity contribution in [2.75, 3.05) is 18.5 Å². The number of aliphatic hydroxyl groups excluding tert-OH is 1. The van der Waals surface area contributed by atoms with Gasteiger partial charge in [-0.05, 0) is 62.7 Å². The van der Waals surface area contributed by atoms with Crippen LogP contribution in [0.2, 0.25) is 0 Å². The molecule has 1 aliphatic rings. The van der Waals surface area contributed by atoms with Crippen LogP contribution in [0.25, 0.3) is 17.1 Å². The van der Waals surface area contributed by atoms with Gasteiger partial charge in [0.1, 0.15) is 18.0 Å². The zero-order valence-corrected chi connectivity index (χ0v) is 19.0. The summed E-state index contributed by atoms with van der Waals surface area (Å²) >= 11 is 0. The first-order valence-corrected chi connectivity index (χ1v) is 10.8. The third-order valence-corrected chi connectivity index (χ3v) is 5.01. The molecule has 3 aromatic rings. The maximum absolute atomic E-state index is 13.2. The highest BCUT2D eigenvalue weighted by Crippen LogP contribution is 2.32. The number of carbonyl (C=O) groups excluding carboxylic acids is 2. The number of anilines is 1. The highest BCUT2D eigenvalue weighted by molar-refractivity contribution is 6.26. The molecular weight excluding hydrogens is 438 g/mol. The quantitative estimate of drug-likeness (QED) is 0.264. The van der Waals surface area contributed by atoms with Gasteiger partial charge in [-0.1, -0.05) is 0 Å². The summed E-state index contributed by atoms with van der Waals surface area (Å²) in [4.78, 5) is 33.3. The molecule has 0 amide bonds. The predicted molar refractivity (Wildman–Crippen MR) is 126 cm³/mol. The zero-order chi connectivity index (χ0) is 24.2. The number of esters is 1. The number of hydrogen-bond donors (Lipinski definition) is 3. The van der Waals surface area contributed by atoms with Crippen LogP contribution in [0.4, 0.5) is 5.69 Å². The Morgan fingerprint density at radius 3 is 2.88 bits per heavy atom. The summed E-state index contributed by atoms with van der Waals surface area (Å²) < 4.78 is 16.6. The molecule has 0 spiro atoms. The van der Waals surface area contributed by atoms with E-state index in [-0.39, 0.29) is 30.4 Å². The number of aromatic nitrogens is 2. The molecule has 9 heteroatoms. The van der Waals surface area contributed by atoms with Gasteiger partial charge in [0.05, 0.1) is 12.7 Å². The lowest BCUT2D eigenvalue weighted by Crippen LogP contribution is -2.19. The molecule has 1 aliphatic heterocycles. The summed E-state index contributed by atoms with van der Waals surface area (Å²) in [5.41, 5.74) is 2.57. The van der Waals surface area contributed by atoms with Crippen LogP contribution in [-0.4, -0.2) is 46.1 Å².